The number of hydrogen-bond donors (Lipinski definition) is 0. The minimum absolute atomic E-state index is 0.0542. The fourth-order valence-corrected chi connectivity index (χ4v) is 4.67. The second kappa shape index (κ2) is 7.44. The van der Waals surface area contributed by atoms with Gasteiger partial charge in [-0.15, -0.1) is 5.10 Å². The molecule has 2 atom stereocenters. The number of carbonyl (C=O) groups is 1. The van der Waals surface area contributed by atoms with Crippen molar-refractivity contribution in [3.05, 3.63) is 71.9 Å². The summed E-state index contributed by atoms with van der Waals surface area (Å²) in [7, 11) is 0. The molecule has 148 valence electrons. The maximum absolute atomic E-state index is 13.5. The molecular formula is C23H25N5O. The van der Waals surface area contributed by atoms with Crippen molar-refractivity contribution in [3.63, 3.8) is 0 Å². The van der Waals surface area contributed by atoms with E-state index in [0.29, 0.717) is 11.4 Å². The van der Waals surface area contributed by atoms with Gasteiger partial charge in [0, 0.05) is 31.7 Å². The van der Waals surface area contributed by atoms with Crippen LogP contribution in [-0.4, -0.2) is 56.4 Å². The molecule has 1 fully saturated rings. The first-order valence-electron chi connectivity index (χ1n) is 10.3. The molecule has 0 N–H and O–H groups in total. The molecule has 29 heavy (non-hydrogen) atoms. The quantitative estimate of drug-likeness (QED) is 0.674. The first-order chi connectivity index (χ1) is 14.3. The Morgan fingerprint density at radius 2 is 1.66 bits per heavy atom. The minimum atomic E-state index is 0.0542. The third-order valence-electron chi connectivity index (χ3n) is 5.97. The van der Waals surface area contributed by atoms with Crippen LogP contribution in [0.15, 0.2) is 60.7 Å². The lowest BCUT2D eigenvalue weighted by Gasteiger charge is -2.37. The Hall–Kier alpha value is -2.99. The molecule has 2 unspecified atom stereocenters. The average Bonchev–Trinajstić information content (AvgIpc) is 3.37. The summed E-state index contributed by atoms with van der Waals surface area (Å²) in [6, 6.07) is 20.7. The fraction of sp³-hybridized carbons (Fsp3) is 0.348. The smallest absolute Gasteiger partial charge is 0.274 e. The third kappa shape index (κ3) is 3.13. The first kappa shape index (κ1) is 18.1. The van der Waals surface area contributed by atoms with E-state index in [1.807, 2.05) is 41.1 Å². The molecule has 0 bridgehead atoms. The topological polar surface area (TPSA) is 54.3 Å². The Balaban J connectivity index is 1.50. The lowest BCUT2D eigenvalue weighted by Crippen LogP contribution is -2.51. The average molecular weight is 387 g/mol. The molecule has 2 aliphatic rings. The van der Waals surface area contributed by atoms with Gasteiger partial charge in [0.05, 0.1) is 12.1 Å². The molecule has 0 spiro atoms. The summed E-state index contributed by atoms with van der Waals surface area (Å²) >= 11 is 0. The zero-order valence-corrected chi connectivity index (χ0v) is 16.6. The normalized spacial score (nSPS) is 21.3. The van der Waals surface area contributed by atoms with Gasteiger partial charge in [-0.2, -0.15) is 0 Å². The molecule has 6 heteroatoms. The predicted molar refractivity (Wildman–Crippen MR) is 111 cm³/mol. The van der Waals surface area contributed by atoms with Gasteiger partial charge >= 0.3 is 0 Å². The number of carbonyl (C=O) groups excluding carboxylic acids is 1. The van der Waals surface area contributed by atoms with Crippen molar-refractivity contribution in [1.29, 1.82) is 0 Å². The van der Waals surface area contributed by atoms with Gasteiger partial charge < -0.3 is 4.90 Å². The van der Waals surface area contributed by atoms with Gasteiger partial charge in [-0.25, -0.2) is 4.68 Å². The van der Waals surface area contributed by atoms with E-state index in [9.17, 15) is 4.79 Å². The largest absolute Gasteiger partial charge is 0.331 e. The Labute approximate surface area is 170 Å². The molecule has 3 aromatic rings. The van der Waals surface area contributed by atoms with Crippen molar-refractivity contribution in [2.24, 2.45) is 0 Å². The summed E-state index contributed by atoms with van der Waals surface area (Å²) in [4.78, 5) is 18.0. The maximum atomic E-state index is 13.5. The van der Waals surface area contributed by atoms with E-state index >= 15 is 0 Å². The van der Waals surface area contributed by atoms with Crippen molar-refractivity contribution in [1.82, 2.24) is 24.8 Å². The highest BCUT2D eigenvalue weighted by Gasteiger charge is 2.47. The van der Waals surface area contributed by atoms with Crippen molar-refractivity contribution >= 4 is 5.91 Å². The molecule has 0 saturated carbocycles. The van der Waals surface area contributed by atoms with Crippen LogP contribution < -0.4 is 0 Å². The highest BCUT2D eigenvalue weighted by atomic mass is 16.2. The Bertz CT molecular complexity index is 1000. The number of fused-ring (bicyclic) bond motifs is 3. The van der Waals surface area contributed by atoms with Gasteiger partial charge in [0.15, 0.2) is 5.69 Å². The predicted octanol–water partition coefficient (Wildman–Crippen LogP) is 3.24. The van der Waals surface area contributed by atoms with Crippen LogP contribution >= 0.6 is 0 Å². The summed E-state index contributed by atoms with van der Waals surface area (Å²) in [5.74, 6) is 0.0542. The SMILES string of the molecule is CCCN1C(=O)c2c(-c3ccccc3)nnn2C2CN(Cc3ccccc3)CC21. The van der Waals surface area contributed by atoms with E-state index in [-0.39, 0.29) is 18.0 Å². The number of likely N-dealkylation sites (tertiary alicyclic amines) is 1. The van der Waals surface area contributed by atoms with Gasteiger partial charge in [0.2, 0.25) is 0 Å². The first-order valence-corrected chi connectivity index (χ1v) is 10.3. The summed E-state index contributed by atoms with van der Waals surface area (Å²) in [6.07, 6.45) is 0.940. The van der Waals surface area contributed by atoms with Crippen LogP contribution in [0.4, 0.5) is 0 Å². The zero-order valence-electron chi connectivity index (χ0n) is 16.6. The van der Waals surface area contributed by atoms with Gasteiger partial charge in [0.1, 0.15) is 5.69 Å². The molecule has 1 saturated heterocycles. The second-order valence-corrected chi connectivity index (χ2v) is 7.91. The molecule has 0 radical (unpaired) electrons. The highest BCUT2D eigenvalue weighted by Crippen LogP contribution is 2.36. The summed E-state index contributed by atoms with van der Waals surface area (Å²) in [5.41, 5.74) is 3.56. The summed E-state index contributed by atoms with van der Waals surface area (Å²) in [5, 5.41) is 8.88. The van der Waals surface area contributed by atoms with Crippen molar-refractivity contribution in [2.45, 2.75) is 32.0 Å². The maximum Gasteiger partial charge on any atom is 0.274 e. The number of hydrogen-bond acceptors (Lipinski definition) is 4. The minimum Gasteiger partial charge on any atom is -0.331 e. The van der Waals surface area contributed by atoms with Crippen molar-refractivity contribution < 1.29 is 4.79 Å². The van der Waals surface area contributed by atoms with Crippen LogP contribution in [0.3, 0.4) is 0 Å². The molecule has 1 aromatic heterocycles. The fourth-order valence-electron chi connectivity index (χ4n) is 4.67. The number of benzene rings is 2. The highest BCUT2D eigenvalue weighted by molar-refractivity contribution is 5.99. The monoisotopic (exact) mass is 387 g/mol. The van der Waals surface area contributed by atoms with E-state index in [2.05, 4.69) is 51.3 Å². The van der Waals surface area contributed by atoms with E-state index < -0.39 is 0 Å². The van der Waals surface area contributed by atoms with E-state index in [4.69, 9.17) is 0 Å². The van der Waals surface area contributed by atoms with E-state index in [1.165, 1.54) is 5.56 Å². The number of nitrogens with zero attached hydrogens (tertiary/aromatic N) is 5. The lowest BCUT2D eigenvalue weighted by atomic mass is 10.0. The molecule has 2 aliphatic heterocycles. The number of amides is 1. The van der Waals surface area contributed by atoms with Crippen molar-refractivity contribution in [3.8, 4) is 11.3 Å². The molecule has 2 aromatic carbocycles. The summed E-state index contributed by atoms with van der Waals surface area (Å²) < 4.78 is 1.90. The van der Waals surface area contributed by atoms with Gasteiger partial charge in [-0.05, 0) is 12.0 Å². The lowest BCUT2D eigenvalue weighted by molar-refractivity contribution is 0.0564. The third-order valence-corrected chi connectivity index (χ3v) is 5.97. The Kier molecular flexibility index (Phi) is 4.64. The van der Waals surface area contributed by atoms with Gasteiger partial charge in [-0.1, -0.05) is 72.8 Å². The van der Waals surface area contributed by atoms with Crippen LogP contribution in [0.1, 0.15) is 35.4 Å². The van der Waals surface area contributed by atoms with E-state index in [0.717, 1.165) is 38.2 Å². The summed E-state index contributed by atoms with van der Waals surface area (Å²) in [6.45, 7) is 5.51. The van der Waals surface area contributed by atoms with Crippen molar-refractivity contribution in [2.75, 3.05) is 19.6 Å². The molecule has 5 rings (SSSR count). The molecule has 0 aliphatic carbocycles. The molecule has 1 amide bonds. The molecule has 6 nitrogen and oxygen atoms in total. The standard InChI is InChI=1S/C23H25N5O/c1-2-13-27-19-15-26(14-17-9-5-3-6-10-17)16-20(19)28-22(23(27)29)21(24-25-28)18-11-7-4-8-12-18/h3-12,19-20H,2,13-16H2,1H3. The van der Waals surface area contributed by atoms with Crippen LogP contribution in [0.2, 0.25) is 0 Å². The van der Waals surface area contributed by atoms with Crippen LogP contribution in [0, 0.1) is 0 Å². The van der Waals surface area contributed by atoms with Crippen LogP contribution in [-0.2, 0) is 6.54 Å². The number of rotatable bonds is 5. The van der Waals surface area contributed by atoms with Gasteiger partial charge in [-0.3, -0.25) is 9.69 Å². The van der Waals surface area contributed by atoms with Crippen LogP contribution in [0.25, 0.3) is 11.3 Å². The molecule has 3 heterocycles. The molecular weight excluding hydrogens is 362 g/mol. The number of aromatic nitrogens is 3. The zero-order chi connectivity index (χ0) is 19.8. The second-order valence-electron chi connectivity index (χ2n) is 7.91. The Morgan fingerprint density at radius 1 is 0.966 bits per heavy atom. The van der Waals surface area contributed by atoms with E-state index in [1.54, 1.807) is 0 Å². The van der Waals surface area contributed by atoms with Gasteiger partial charge in [0.25, 0.3) is 5.91 Å². The Morgan fingerprint density at radius 3 is 2.38 bits per heavy atom. The van der Waals surface area contributed by atoms with Crippen LogP contribution in [0.5, 0.6) is 0 Å².